The summed E-state index contributed by atoms with van der Waals surface area (Å²) in [5.41, 5.74) is -0.180. The molecule has 2 aromatic heterocycles. The molecule has 2 heterocycles. The minimum atomic E-state index is -0.180. The molecule has 0 amide bonds. The summed E-state index contributed by atoms with van der Waals surface area (Å²) >= 11 is 0. The van der Waals surface area contributed by atoms with E-state index in [0.717, 1.165) is 12.8 Å². The lowest BCUT2D eigenvalue weighted by atomic mass is 10.5. The van der Waals surface area contributed by atoms with Gasteiger partial charge in [0.15, 0.2) is 0 Å². The van der Waals surface area contributed by atoms with Crippen molar-refractivity contribution in [2.45, 2.75) is 32.4 Å². The van der Waals surface area contributed by atoms with E-state index in [1.54, 1.807) is 4.90 Å². The molecule has 0 spiro atoms. The van der Waals surface area contributed by atoms with Gasteiger partial charge in [-0.05, 0) is 19.8 Å². The molecule has 0 aromatic carbocycles. The topological polar surface area (TPSA) is 98.1 Å². The molecule has 0 aliphatic heterocycles. The second kappa shape index (κ2) is 6.19. The summed E-state index contributed by atoms with van der Waals surface area (Å²) in [6.45, 7) is 2.30. The van der Waals surface area contributed by atoms with Crippen LogP contribution in [0.3, 0.4) is 0 Å². The average Bonchev–Trinajstić information content (AvgIpc) is 3.33. The highest BCUT2D eigenvalue weighted by Gasteiger charge is 2.23. The Morgan fingerprint density at radius 1 is 1.30 bits per heavy atom. The Kier molecular flexibility index (Phi) is 4.09. The van der Waals surface area contributed by atoms with Gasteiger partial charge in [0.05, 0.1) is 0 Å². The predicted molar refractivity (Wildman–Crippen MR) is 85.0 cm³/mol. The maximum atomic E-state index is 11.6. The maximum absolute atomic E-state index is 11.6. The molecule has 1 N–H and O–H groups in total. The molecule has 1 saturated carbocycles. The Morgan fingerprint density at radius 2 is 2.09 bits per heavy atom. The van der Waals surface area contributed by atoms with E-state index >= 15 is 0 Å². The third-order valence-corrected chi connectivity index (χ3v) is 3.25. The van der Waals surface area contributed by atoms with Crippen molar-refractivity contribution in [2.24, 2.45) is 0 Å². The van der Waals surface area contributed by atoms with E-state index in [-0.39, 0.29) is 17.4 Å². The van der Waals surface area contributed by atoms with E-state index < -0.39 is 0 Å². The molecule has 1 fully saturated rings. The van der Waals surface area contributed by atoms with Crippen molar-refractivity contribution in [3.63, 3.8) is 0 Å². The van der Waals surface area contributed by atoms with Crippen molar-refractivity contribution in [2.75, 3.05) is 24.3 Å². The van der Waals surface area contributed by atoms with Crippen LogP contribution in [0, 0.1) is 0 Å². The first-order valence-corrected chi connectivity index (χ1v) is 7.51. The van der Waals surface area contributed by atoms with Gasteiger partial charge >= 0.3 is 6.01 Å². The number of rotatable bonds is 6. The molecular formula is C14H19N7O2. The van der Waals surface area contributed by atoms with Crippen molar-refractivity contribution < 1.29 is 4.74 Å². The van der Waals surface area contributed by atoms with Gasteiger partial charge in [-0.15, -0.1) is 5.10 Å². The Balaban J connectivity index is 1.88. The fraction of sp³-hybridized carbons (Fsp3) is 0.500. The molecule has 0 saturated heterocycles. The molecule has 9 heteroatoms. The van der Waals surface area contributed by atoms with Crippen molar-refractivity contribution >= 4 is 11.9 Å². The average molecular weight is 317 g/mol. The molecule has 0 atom stereocenters. The second-order valence-corrected chi connectivity index (χ2v) is 5.48. The minimum Gasteiger partial charge on any atom is -0.403 e. The van der Waals surface area contributed by atoms with E-state index in [2.05, 4.69) is 25.4 Å². The monoisotopic (exact) mass is 317 g/mol. The Hall–Kier alpha value is -2.71. The Morgan fingerprint density at radius 3 is 2.74 bits per heavy atom. The second-order valence-electron chi connectivity index (χ2n) is 5.48. The van der Waals surface area contributed by atoms with Gasteiger partial charge in [0.25, 0.3) is 5.56 Å². The largest absolute Gasteiger partial charge is 0.403 e. The summed E-state index contributed by atoms with van der Waals surface area (Å²) in [5, 5.41) is 7.34. The smallest absolute Gasteiger partial charge is 0.330 e. The van der Waals surface area contributed by atoms with Crippen molar-refractivity contribution in [3.05, 3.63) is 22.5 Å². The number of nitrogens with one attached hydrogen (secondary N) is 1. The van der Waals surface area contributed by atoms with Gasteiger partial charge in [-0.25, -0.2) is 4.68 Å². The number of anilines is 2. The number of hydrogen-bond acceptors (Lipinski definition) is 8. The summed E-state index contributed by atoms with van der Waals surface area (Å²) in [6, 6.07) is 3.46. The number of nitrogens with zero attached hydrogens (tertiary/aromatic N) is 6. The molecule has 9 nitrogen and oxygen atoms in total. The zero-order chi connectivity index (χ0) is 16.4. The van der Waals surface area contributed by atoms with Crippen LogP contribution in [-0.2, 0) is 6.54 Å². The van der Waals surface area contributed by atoms with Crippen LogP contribution in [0.5, 0.6) is 11.9 Å². The lowest BCUT2D eigenvalue weighted by molar-refractivity contribution is 0.401. The molecule has 0 bridgehead atoms. The molecule has 3 rings (SSSR count). The minimum absolute atomic E-state index is 0.139. The first-order chi connectivity index (χ1) is 11.0. The van der Waals surface area contributed by atoms with E-state index in [4.69, 9.17) is 4.74 Å². The highest BCUT2D eigenvalue weighted by Crippen LogP contribution is 2.25. The van der Waals surface area contributed by atoms with Gasteiger partial charge in [0.1, 0.15) is 0 Å². The van der Waals surface area contributed by atoms with Crippen LogP contribution >= 0.6 is 0 Å². The van der Waals surface area contributed by atoms with E-state index in [0.29, 0.717) is 24.5 Å². The summed E-state index contributed by atoms with van der Waals surface area (Å²) in [6.07, 6.45) is 2.23. The van der Waals surface area contributed by atoms with Crippen molar-refractivity contribution in [1.82, 2.24) is 24.7 Å². The molecule has 23 heavy (non-hydrogen) atoms. The Labute approximate surface area is 133 Å². The van der Waals surface area contributed by atoms with Crippen LogP contribution in [0.1, 0.15) is 19.8 Å². The third kappa shape index (κ3) is 3.74. The molecule has 1 aliphatic rings. The summed E-state index contributed by atoms with van der Waals surface area (Å²) < 4.78 is 6.92. The summed E-state index contributed by atoms with van der Waals surface area (Å²) in [7, 11) is 3.69. The fourth-order valence-electron chi connectivity index (χ4n) is 1.87. The van der Waals surface area contributed by atoms with Crippen LogP contribution < -0.4 is 20.5 Å². The first-order valence-electron chi connectivity index (χ1n) is 7.51. The zero-order valence-electron chi connectivity index (χ0n) is 13.4. The van der Waals surface area contributed by atoms with Crippen molar-refractivity contribution in [3.8, 4) is 11.9 Å². The van der Waals surface area contributed by atoms with Gasteiger partial charge in [-0.3, -0.25) is 4.79 Å². The third-order valence-electron chi connectivity index (χ3n) is 3.25. The van der Waals surface area contributed by atoms with Crippen molar-refractivity contribution in [1.29, 1.82) is 0 Å². The fourth-order valence-corrected chi connectivity index (χ4v) is 1.87. The lowest BCUT2D eigenvalue weighted by Gasteiger charge is -2.13. The quantitative estimate of drug-likeness (QED) is 0.838. The van der Waals surface area contributed by atoms with Gasteiger partial charge in [-0.2, -0.15) is 15.0 Å². The molecular weight excluding hydrogens is 298 g/mol. The SMILES string of the molecule is CCn1nc(Oc2nc(NC3CC3)nc(N(C)C)n2)ccc1=O. The van der Waals surface area contributed by atoms with Gasteiger partial charge in [0.2, 0.25) is 17.8 Å². The van der Waals surface area contributed by atoms with Gasteiger partial charge in [-0.1, -0.05) is 0 Å². The molecule has 1 aliphatic carbocycles. The van der Waals surface area contributed by atoms with Crippen LogP contribution in [0.4, 0.5) is 11.9 Å². The number of hydrogen-bond donors (Lipinski definition) is 1. The van der Waals surface area contributed by atoms with Crippen LogP contribution in [0.25, 0.3) is 0 Å². The van der Waals surface area contributed by atoms with Crippen LogP contribution in [0.15, 0.2) is 16.9 Å². The predicted octanol–water partition coefficient (Wildman–Crippen LogP) is 0.881. The number of ether oxygens (including phenoxy) is 1. The van der Waals surface area contributed by atoms with Gasteiger partial charge in [0, 0.05) is 38.8 Å². The standard InChI is InChI=1S/C14H19N7O2/c1-4-21-11(22)8-7-10(19-21)23-14-17-12(15-9-5-6-9)16-13(18-14)20(2)3/h7-9H,4-6H2,1-3H3,(H,15,16,17,18). The number of aromatic nitrogens is 5. The normalized spacial score (nSPS) is 13.7. The highest BCUT2D eigenvalue weighted by molar-refractivity contribution is 5.39. The van der Waals surface area contributed by atoms with Crippen LogP contribution in [-0.4, -0.2) is 44.9 Å². The molecule has 122 valence electrons. The molecule has 0 unspecified atom stereocenters. The summed E-state index contributed by atoms with van der Waals surface area (Å²) in [4.78, 5) is 26.2. The van der Waals surface area contributed by atoms with Crippen LogP contribution in [0.2, 0.25) is 0 Å². The highest BCUT2D eigenvalue weighted by atomic mass is 16.5. The van der Waals surface area contributed by atoms with E-state index in [1.807, 2.05) is 21.0 Å². The zero-order valence-corrected chi connectivity index (χ0v) is 13.4. The van der Waals surface area contributed by atoms with E-state index in [1.165, 1.54) is 16.8 Å². The number of aryl methyl sites for hydroxylation is 1. The molecule has 2 aromatic rings. The first kappa shape index (κ1) is 15.2. The lowest BCUT2D eigenvalue weighted by Crippen LogP contribution is -2.21. The van der Waals surface area contributed by atoms with E-state index in [9.17, 15) is 4.79 Å². The van der Waals surface area contributed by atoms with Gasteiger partial charge < -0.3 is 15.0 Å². The maximum Gasteiger partial charge on any atom is 0.330 e. The summed E-state index contributed by atoms with van der Waals surface area (Å²) in [5.74, 6) is 1.23. The molecule has 0 radical (unpaired) electrons. The Bertz CT molecular complexity index is 755.